The molecule has 0 heterocycles. The maximum absolute atomic E-state index is 4.40. The van der Waals surface area contributed by atoms with Crippen LogP contribution in [0.1, 0.15) is 75.0 Å². The largest absolute Gasteiger partial charge is 0.315 e. The lowest BCUT2D eigenvalue weighted by molar-refractivity contribution is 1.10. The average molecular weight is 775 g/mol. The van der Waals surface area contributed by atoms with Gasteiger partial charge in [-0.2, -0.15) is 0 Å². The number of allylic oxidation sites excluding steroid dienone is 5. The lowest BCUT2D eigenvalue weighted by atomic mass is 9.88. The SMILES string of the molecule is C=C/C=C(\C)N(C(=C)/C=C\C)c1cc(C)c(-c2c(C)cc(N(c3ccc(-c4c(C)cc(C)cc4C)cc3)c3ccc(-c4c(C)cc(C)cc4C)c(C)c3)cc2C)c(C)c1. The van der Waals surface area contributed by atoms with E-state index in [1.807, 2.05) is 25.2 Å². The maximum atomic E-state index is 4.40. The van der Waals surface area contributed by atoms with E-state index >= 15 is 0 Å². The number of aryl methyl sites for hydroxylation is 11. The fraction of sp³-hybridized carbons (Fsp3) is 0.228. The quantitative estimate of drug-likeness (QED) is 0.121. The molecule has 0 saturated heterocycles. The topological polar surface area (TPSA) is 6.48 Å². The van der Waals surface area contributed by atoms with Crippen LogP contribution in [0.5, 0.6) is 0 Å². The van der Waals surface area contributed by atoms with E-state index in [0.29, 0.717) is 0 Å². The Morgan fingerprint density at radius 2 is 0.898 bits per heavy atom. The second-order valence-corrected chi connectivity index (χ2v) is 16.7. The molecule has 6 aromatic rings. The molecule has 0 aliphatic rings. The van der Waals surface area contributed by atoms with Gasteiger partial charge in [0.1, 0.15) is 0 Å². The summed E-state index contributed by atoms with van der Waals surface area (Å²) < 4.78 is 0. The van der Waals surface area contributed by atoms with Gasteiger partial charge in [0.2, 0.25) is 0 Å². The summed E-state index contributed by atoms with van der Waals surface area (Å²) in [7, 11) is 0. The van der Waals surface area contributed by atoms with Crippen LogP contribution in [0.4, 0.5) is 22.7 Å². The highest BCUT2D eigenvalue weighted by atomic mass is 15.2. The molecule has 0 unspecified atom stereocenters. The van der Waals surface area contributed by atoms with Crippen molar-refractivity contribution in [2.24, 2.45) is 0 Å². The Morgan fingerprint density at radius 3 is 1.36 bits per heavy atom. The highest BCUT2D eigenvalue weighted by Gasteiger charge is 2.21. The molecule has 0 N–H and O–H groups in total. The molecular formula is C57H62N2. The lowest BCUT2D eigenvalue weighted by Crippen LogP contribution is -2.19. The summed E-state index contributed by atoms with van der Waals surface area (Å²) in [5.74, 6) is 0. The summed E-state index contributed by atoms with van der Waals surface area (Å²) in [4.78, 5) is 4.63. The monoisotopic (exact) mass is 774 g/mol. The first kappa shape index (κ1) is 42.5. The van der Waals surface area contributed by atoms with Gasteiger partial charge in [-0.05, 0) is 234 Å². The zero-order valence-corrected chi connectivity index (χ0v) is 37.8. The first-order valence-electron chi connectivity index (χ1n) is 20.9. The van der Waals surface area contributed by atoms with E-state index in [2.05, 4.69) is 203 Å². The van der Waals surface area contributed by atoms with Crippen LogP contribution < -0.4 is 9.80 Å². The molecule has 0 aliphatic carbocycles. The van der Waals surface area contributed by atoms with Crippen molar-refractivity contribution in [1.82, 2.24) is 0 Å². The third-order valence-corrected chi connectivity index (χ3v) is 11.7. The highest BCUT2D eigenvalue weighted by Crippen LogP contribution is 2.44. The molecule has 0 atom stereocenters. The van der Waals surface area contributed by atoms with E-state index in [4.69, 9.17) is 0 Å². The van der Waals surface area contributed by atoms with Crippen molar-refractivity contribution in [3.63, 3.8) is 0 Å². The van der Waals surface area contributed by atoms with Gasteiger partial charge >= 0.3 is 0 Å². The third kappa shape index (κ3) is 8.55. The first-order chi connectivity index (χ1) is 28.0. The first-order valence-corrected chi connectivity index (χ1v) is 20.9. The summed E-state index contributed by atoms with van der Waals surface area (Å²) >= 11 is 0. The molecule has 300 valence electrons. The summed E-state index contributed by atoms with van der Waals surface area (Å²) in [5.41, 5.74) is 28.2. The van der Waals surface area contributed by atoms with Crippen LogP contribution >= 0.6 is 0 Å². The molecule has 6 rings (SSSR count). The van der Waals surface area contributed by atoms with Gasteiger partial charge in [-0.15, -0.1) is 0 Å². The van der Waals surface area contributed by atoms with Crippen molar-refractivity contribution in [2.45, 2.75) is 90.0 Å². The Kier molecular flexibility index (Phi) is 12.5. The van der Waals surface area contributed by atoms with Crippen LogP contribution in [0.2, 0.25) is 0 Å². The molecule has 0 bridgehead atoms. The van der Waals surface area contributed by atoms with Gasteiger partial charge in [0.05, 0.1) is 0 Å². The minimum atomic E-state index is 0.913. The number of anilines is 4. The van der Waals surface area contributed by atoms with Gasteiger partial charge in [0.25, 0.3) is 0 Å². The summed E-state index contributed by atoms with van der Waals surface area (Å²) in [6.45, 7) is 37.0. The molecule has 0 spiro atoms. The van der Waals surface area contributed by atoms with E-state index in [0.717, 1.165) is 34.1 Å². The van der Waals surface area contributed by atoms with Crippen molar-refractivity contribution >= 4 is 22.7 Å². The standard InChI is InChI=1S/C57H62N2/c1-16-18-46(14)58(47(15)19-17-2)51-31-42(10)56(43(11)32-51)57-44(12)33-52(34-45(57)13)59(49-22-20-48(21-23-49)54-38(6)26-35(3)27-39(54)7)50-24-25-53(37(5)30-50)55-40(8)28-36(4)29-41(55)9/h16-34H,1,15H2,2-14H3/b19-17-,46-18+. The maximum Gasteiger partial charge on any atom is 0.0467 e. The van der Waals surface area contributed by atoms with Crippen LogP contribution in [0.3, 0.4) is 0 Å². The Balaban J connectivity index is 1.50. The third-order valence-electron chi connectivity index (χ3n) is 11.7. The molecule has 0 amide bonds. The van der Waals surface area contributed by atoms with Crippen molar-refractivity contribution in [1.29, 1.82) is 0 Å². The summed E-state index contributed by atoms with van der Waals surface area (Å²) in [6.07, 6.45) is 7.95. The van der Waals surface area contributed by atoms with E-state index in [1.54, 1.807) is 0 Å². The Bertz CT molecular complexity index is 2570. The lowest BCUT2D eigenvalue weighted by Gasteiger charge is -2.30. The minimum Gasteiger partial charge on any atom is -0.315 e. The van der Waals surface area contributed by atoms with Gasteiger partial charge in [-0.1, -0.05) is 78.9 Å². The van der Waals surface area contributed by atoms with Crippen molar-refractivity contribution in [3.05, 3.63) is 201 Å². The fourth-order valence-electron chi connectivity index (χ4n) is 9.57. The minimum absolute atomic E-state index is 0.913. The molecule has 0 aromatic heterocycles. The second-order valence-electron chi connectivity index (χ2n) is 16.7. The highest BCUT2D eigenvalue weighted by molar-refractivity contribution is 5.87. The number of benzene rings is 6. The summed E-state index contributed by atoms with van der Waals surface area (Å²) in [5, 5.41) is 0. The molecular weight excluding hydrogens is 713 g/mol. The number of hydrogen-bond donors (Lipinski definition) is 0. The van der Waals surface area contributed by atoms with Gasteiger partial charge in [-0.3, -0.25) is 0 Å². The Morgan fingerprint density at radius 1 is 0.475 bits per heavy atom. The van der Waals surface area contributed by atoms with Crippen LogP contribution in [0, 0.1) is 76.2 Å². The van der Waals surface area contributed by atoms with Gasteiger partial charge < -0.3 is 9.80 Å². The van der Waals surface area contributed by atoms with Gasteiger partial charge in [-0.25, -0.2) is 0 Å². The normalized spacial score (nSPS) is 11.6. The molecule has 2 heteroatoms. The van der Waals surface area contributed by atoms with Crippen LogP contribution in [0.25, 0.3) is 33.4 Å². The zero-order chi connectivity index (χ0) is 42.9. The average Bonchev–Trinajstić information content (AvgIpc) is 3.13. The second kappa shape index (κ2) is 17.4. The predicted molar refractivity (Wildman–Crippen MR) is 260 cm³/mol. The van der Waals surface area contributed by atoms with E-state index in [-0.39, 0.29) is 0 Å². The number of hydrogen-bond acceptors (Lipinski definition) is 2. The van der Waals surface area contributed by atoms with Gasteiger partial charge in [0, 0.05) is 34.1 Å². The molecule has 0 fully saturated rings. The van der Waals surface area contributed by atoms with Crippen molar-refractivity contribution in [3.8, 4) is 33.4 Å². The molecule has 6 aromatic carbocycles. The predicted octanol–water partition coefficient (Wildman–Crippen LogP) is 16.5. The van der Waals surface area contributed by atoms with E-state index < -0.39 is 0 Å². The number of nitrogens with zero attached hydrogens (tertiary/aromatic N) is 2. The Labute approximate surface area is 355 Å². The molecule has 2 nitrogen and oxygen atoms in total. The smallest absolute Gasteiger partial charge is 0.0467 e. The van der Waals surface area contributed by atoms with Crippen LogP contribution in [-0.4, -0.2) is 0 Å². The van der Waals surface area contributed by atoms with Crippen molar-refractivity contribution in [2.75, 3.05) is 9.80 Å². The fourth-order valence-corrected chi connectivity index (χ4v) is 9.57. The Hall–Kier alpha value is -6.12. The van der Waals surface area contributed by atoms with E-state index in [1.165, 1.54) is 94.6 Å². The molecule has 0 aliphatic heterocycles. The zero-order valence-electron chi connectivity index (χ0n) is 37.8. The molecule has 0 radical (unpaired) electrons. The van der Waals surface area contributed by atoms with Crippen LogP contribution in [-0.2, 0) is 0 Å². The van der Waals surface area contributed by atoms with Gasteiger partial charge in [0.15, 0.2) is 0 Å². The molecule has 59 heavy (non-hydrogen) atoms. The van der Waals surface area contributed by atoms with Crippen molar-refractivity contribution < 1.29 is 0 Å². The molecule has 0 saturated carbocycles. The number of rotatable bonds is 11. The van der Waals surface area contributed by atoms with Crippen LogP contribution in [0.15, 0.2) is 140 Å². The van der Waals surface area contributed by atoms with E-state index in [9.17, 15) is 0 Å². The summed E-state index contributed by atoms with van der Waals surface area (Å²) in [6, 6.07) is 34.6.